The SMILES string of the molecule is CCCCOc1nc(N)c2c(n1)N(Cc1cccc(CN(CC3CC3)C(C)=O)c1)CC(=O)N2. The largest absolute Gasteiger partial charge is 0.463 e. The predicted molar refractivity (Wildman–Crippen MR) is 127 cm³/mol. The van der Waals surface area contributed by atoms with Crippen molar-refractivity contribution in [1.29, 1.82) is 0 Å². The lowest BCUT2D eigenvalue weighted by atomic mass is 10.1. The fourth-order valence-electron chi connectivity index (χ4n) is 3.91. The number of ether oxygens (including phenoxy) is 1. The fraction of sp³-hybridized carbons (Fsp3) is 0.500. The Morgan fingerprint density at radius 3 is 2.82 bits per heavy atom. The van der Waals surface area contributed by atoms with E-state index in [2.05, 4.69) is 28.3 Å². The van der Waals surface area contributed by atoms with Crippen molar-refractivity contribution in [2.75, 3.05) is 35.6 Å². The van der Waals surface area contributed by atoms with E-state index in [0.717, 1.165) is 30.5 Å². The van der Waals surface area contributed by atoms with E-state index < -0.39 is 0 Å². The number of rotatable bonds is 10. The first-order valence-electron chi connectivity index (χ1n) is 11.6. The monoisotopic (exact) mass is 452 g/mol. The maximum atomic E-state index is 12.3. The first kappa shape index (κ1) is 22.8. The summed E-state index contributed by atoms with van der Waals surface area (Å²) in [5.41, 5.74) is 8.61. The second kappa shape index (κ2) is 10.1. The molecule has 9 heteroatoms. The standard InChI is InChI=1S/C24H32N6O3/c1-3-4-10-33-24-27-22(25)21-23(28-24)30(15-20(32)26-21)14-19-7-5-6-18(11-19)13-29(16(2)31)12-17-8-9-17/h5-7,11,17H,3-4,8-10,12-15H2,1-2H3,(H,26,32)(H2,25,27,28). The molecule has 0 spiro atoms. The summed E-state index contributed by atoms with van der Waals surface area (Å²) >= 11 is 0. The number of hydrogen-bond donors (Lipinski definition) is 2. The highest BCUT2D eigenvalue weighted by Gasteiger charge is 2.28. The number of carbonyl (C=O) groups is 2. The summed E-state index contributed by atoms with van der Waals surface area (Å²) in [6.45, 7) is 6.25. The van der Waals surface area contributed by atoms with Crippen LogP contribution in [0.25, 0.3) is 0 Å². The second-order valence-electron chi connectivity index (χ2n) is 8.86. The minimum atomic E-state index is -0.166. The molecule has 2 heterocycles. The van der Waals surface area contributed by atoms with Gasteiger partial charge in [0.15, 0.2) is 11.6 Å². The van der Waals surface area contributed by atoms with Crippen molar-refractivity contribution in [1.82, 2.24) is 14.9 Å². The van der Waals surface area contributed by atoms with E-state index in [1.165, 1.54) is 12.8 Å². The number of anilines is 3. The first-order valence-corrected chi connectivity index (χ1v) is 11.6. The maximum absolute atomic E-state index is 12.3. The summed E-state index contributed by atoms with van der Waals surface area (Å²) in [6.07, 6.45) is 4.30. The van der Waals surface area contributed by atoms with E-state index >= 15 is 0 Å². The van der Waals surface area contributed by atoms with E-state index in [9.17, 15) is 9.59 Å². The van der Waals surface area contributed by atoms with E-state index in [4.69, 9.17) is 10.5 Å². The number of nitrogens with one attached hydrogen (secondary N) is 1. The molecule has 1 aromatic heterocycles. The number of benzene rings is 1. The van der Waals surface area contributed by atoms with E-state index in [-0.39, 0.29) is 30.2 Å². The molecule has 1 aliphatic heterocycles. The summed E-state index contributed by atoms with van der Waals surface area (Å²) in [5, 5.41) is 2.78. The van der Waals surface area contributed by atoms with Crippen LogP contribution in [0.5, 0.6) is 6.01 Å². The van der Waals surface area contributed by atoms with Crippen LogP contribution in [0, 0.1) is 5.92 Å². The molecule has 4 rings (SSSR count). The third-order valence-corrected chi connectivity index (χ3v) is 5.88. The van der Waals surface area contributed by atoms with Crippen LogP contribution in [0.15, 0.2) is 24.3 Å². The van der Waals surface area contributed by atoms with Gasteiger partial charge in [-0.2, -0.15) is 9.97 Å². The summed E-state index contributed by atoms with van der Waals surface area (Å²) in [5.74, 6) is 1.31. The Morgan fingerprint density at radius 1 is 1.30 bits per heavy atom. The van der Waals surface area contributed by atoms with E-state index in [1.54, 1.807) is 6.92 Å². The highest BCUT2D eigenvalue weighted by atomic mass is 16.5. The average Bonchev–Trinajstić information content (AvgIpc) is 3.59. The van der Waals surface area contributed by atoms with E-state index in [0.29, 0.717) is 37.1 Å². The highest BCUT2D eigenvalue weighted by Crippen LogP contribution is 2.34. The summed E-state index contributed by atoms with van der Waals surface area (Å²) in [7, 11) is 0. The Kier molecular flexibility index (Phi) is 6.96. The van der Waals surface area contributed by atoms with Gasteiger partial charge >= 0.3 is 6.01 Å². The number of nitrogens with zero attached hydrogens (tertiary/aromatic N) is 4. The Hall–Kier alpha value is -3.36. The molecule has 2 aliphatic rings. The van der Waals surface area contributed by atoms with Gasteiger partial charge in [0.05, 0.1) is 13.2 Å². The van der Waals surface area contributed by atoms with Gasteiger partial charge in [0.2, 0.25) is 11.8 Å². The van der Waals surface area contributed by atoms with Crippen molar-refractivity contribution in [2.24, 2.45) is 5.92 Å². The molecule has 2 amide bonds. The van der Waals surface area contributed by atoms with Gasteiger partial charge in [-0.05, 0) is 36.3 Å². The molecular formula is C24H32N6O3. The van der Waals surface area contributed by atoms with Crippen LogP contribution in [-0.4, -0.2) is 46.4 Å². The molecule has 1 aliphatic carbocycles. The fourth-order valence-corrected chi connectivity index (χ4v) is 3.91. The Labute approximate surface area is 194 Å². The van der Waals surface area contributed by atoms with Gasteiger partial charge in [-0.3, -0.25) is 9.59 Å². The zero-order chi connectivity index (χ0) is 23.4. The Bertz CT molecular complexity index is 1020. The smallest absolute Gasteiger partial charge is 0.320 e. The van der Waals surface area contributed by atoms with Crippen molar-refractivity contribution in [2.45, 2.75) is 52.6 Å². The van der Waals surface area contributed by atoms with Crippen LogP contribution in [0.1, 0.15) is 50.7 Å². The molecule has 9 nitrogen and oxygen atoms in total. The molecule has 0 radical (unpaired) electrons. The van der Waals surface area contributed by atoms with Crippen LogP contribution < -0.4 is 20.7 Å². The van der Waals surface area contributed by atoms with Gasteiger partial charge in [0.25, 0.3) is 0 Å². The van der Waals surface area contributed by atoms with Crippen molar-refractivity contribution < 1.29 is 14.3 Å². The molecule has 0 unspecified atom stereocenters. The zero-order valence-corrected chi connectivity index (χ0v) is 19.3. The minimum absolute atomic E-state index is 0.0942. The topological polar surface area (TPSA) is 114 Å². The highest BCUT2D eigenvalue weighted by molar-refractivity contribution is 6.03. The van der Waals surface area contributed by atoms with Gasteiger partial charge < -0.3 is 25.6 Å². The van der Waals surface area contributed by atoms with Crippen LogP contribution in [-0.2, 0) is 22.7 Å². The number of carbonyl (C=O) groups excluding carboxylic acids is 2. The number of nitrogens with two attached hydrogens (primary N) is 1. The van der Waals surface area contributed by atoms with Crippen LogP contribution >= 0.6 is 0 Å². The number of aromatic nitrogens is 2. The quantitative estimate of drug-likeness (QED) is 0.533. The summed E-state index contributed by atoms with van der Waals surface area (Å²) < 4.78 is 5.66. The molecule has 176 valence electrons. The van der Waals surface area contributed by atoms with Gasteiger partial charge in [-0.1, -0.05) is 37.6 Å². The van der Waals surface area contributed by atoms with Crippen molar-refractivity contribution in [3.8, 4) is 6.01 Å². The lowest BCUT2D eigenvalue weighted by Crippen LogP contribution is -2.39. The predicted octanol–water partition coefficient (Wildman–Crippen LogP) is 2.95. The number of nitrogen functional groups attached to an aromatic ring is 1. The lowest BCUT2D eigenvalue weighted by molar-refractivity contribution is -0.129. The molecular weight excluding hydrogens is 420 g/mol. The molecule has 2 aromatic rings. The third-order valence-electron chi connectivity index (χ3n) is 5.88. The minimum Gasteiger partial charge on any atom is -0.463 e. The molecule has 0 saturated heterocycles. The van der Waals surface area contributed by atoms with Gasteiger partial charge in [0.1, 0.15) is 5.69 Å². The molecule has 1 fully saturated rings. The van der Waals surface area contributed by atoms with Crippen molar-refractivity contribution in [3.05, 3.63) is 35.4 Å². The molecule has 33 heavy (non-hydrogen) atoms. The lowest BCUT2D eigenvalue weighted by Gasteiger charge is -2.30. The number of fused-ring (bicyclic) bond motifs is 1. The van der Waals surface area contributed by atoms with Crippen LogP contribution in [0.3, 0.4) is 0 Å². The Balaban J connectivity index is 1.52. The molecule has 3 N–H and O–H groups in total. The molecule has 0 atom stereocenters. The number of hydrogen-bond acceptors (Lipinski definition) is 7. The van der Waals surface area contributed by atoms with E-state index in [1.807, 2.05) is 28.0 Å². The number of amides is 2. The molecule has 0 bridgehead atoms. The van der Waals surface area contributed by atoms with Gasteiger partial charge in [-0.15, -0.1) is 0 Å². The van der Waals surface area contributed by atoms with Crippen molar-refractivity contribution in [3.63, 3.8) is 0 Å². The molecule has 1 aromatic carbocycles. The summed E-state index contributed by atoms with van der Waals surface area (Å²) in [6, 6.07) is 8.32. The summed E-state index contributed by atoms with van der Waals surface area (Å²) in [4.78, 5) is 36.9. The number of unbranched alkanes of at least 4 members (excludes halogenated alkanes) is 1. The van der Waals surface area contributed by atoms with Gasteiger partial charge in [0, 0.05) is 26.6 Å². The zero-order valence-electron chi connectivity index (χ0n) is 19.3. The Morgan fingerprint density at radius 2 is 2.09 bits per heavy atom. The molecule has 1 saturated carbocycles. The maximum Gasteiger partial charge on any atom is 0.320 e. The third kappa shape index (κ3) is 5.91. The normalized spacial score (nSPS) is 15.1. The van der Waals surface area contributed by atoms with Crippen LogP contribution in [0.2, 0.25) is 0 Å². The van der Waals surface area contributed by atoms with Gasteiger partial charge in [-0.25, -0.2) is 0 Å². The first-order chi connectivity index (χ1) is 15.9. The van der Waals surface area contributed by atoms with Crippen LogP contribution in [0.4, 0.5) is 17.3 Å². The average molecular weight is 453 g/mol. The van der Waals surface area contributed by atoms with Crippen molar-refractivity contribution >= 4 is 29.1 Å². The second-order valence-corrected chi connectivity index (χ2v) is 8.86.